The molecule has 0 radical (unpaired) electrons. The van der Waals surface area contributed by atoms with Crippen molar-refractivity contribution in [3.05, 3.63) is 0 Å². The zero-order valence-electron chi connectivity index (χ0n) is 8.96. The summed E-state index contributed by atoms with van der Waals surface area (Å²) in [5.41, 5.74) is 0. The number of hydrogen-bond donors (Lipinski definition) is 0. The van der Waals surface area contributed by atoms with E-state index in [1.165, 1.54) is 25.7 Å². The lowest BCUT2D eigenvalue weighted by atomic mass is 10.2. The van der Waals surface area contributed by atoms with Crippen LogP contribution in [0.5, 0.6) is 0 Å². The lowest BCUT2D eigenvalue weighted by Crippen LogP contribution is -2.16. The van der Waals surface area contributed by atoms with E-state index in [2.05, 4.69) is 0 Å². The molecule has 0 saturated heterocycles. The molecule has 0 aromatic heterocycles. The van der Waals surface area contributed by atoms with Gasteiger partial charge >= 0.3 is 5.97 Å². The van der Waals surface area contributed by atoms with Crippen molar-refractivity contribution in [2.24, 2.45) is 0 Å². The van der Waals surface area contributed by atoms with Crippen LogP contribution in [0.1, 0.15) is 51.9 Å². The molecule has 0 aromatic rings. The van der Waals surface area contributed by atoms with E-state index in [4.69, 9.17) is 9.47 Å². The van der Waals surface area contributed by atoms with E-state index in [-0.39, 0.29) is 12.8 Å². The summed E-state index contributed by atoms with van der Waals surface area (Å²) in [4.78, 5) is 10.8. The van der Waals surface area contributed by atoms with Gasteiger partial charge in [-0.2, -0.15) is 0 Å². The molecule has 0 amide bonds. The Morgan fingerprint density at radius 1 is 1.21 bits per heavy atom. The predicted molar refractivity (Wildman–Crippen MR) is 53.8 cm³/mol. The average Bonchev–Trinajstić information content (AvgIpc) is 2.46. The third kappa shape index (κ3) is 4.61. The Morgan fingerprint density at radius 2 is 1.86 bits per heavy atom. The van der Waals surface area contributed by atoms with Crippen LogP contribution in [0.15, 0.2) is 0 Å². The molecule has 1 rings (SSSR count). The summed E-state index contributed by atoms with van der Waals surface area (Å²) in [6.07, 6.45) is 8.07. The number of esters is 1. The van der Waals surface area contributed by atoms with Crippen LogP contribution in [-0.4, -0.2) is 18.9 Å². The van der Waals surface area contributed by atoms with Crippen molar-refractivity contribution in [2.75, 3.05) is 6.79 Å². The fourth-order valence-electron chi connectivity index (χ4n) is 1.71. The number of hydrogen-bond acceptors (Lipinski definition) is 3. The first-order chi connectivity index (χ1) is 6.83. The van der Waals surface area contributed by atoms with Gasteiger partial charge in [0.2, 0.25) is 0 Å². The zero-order valence-corrected chi connectivity index (χ0v) is 8.96. The topological polar surface area (TPSA) is 35.5 Å². The minimum Gasteiger partial charge on any atom is -0.438 e. The highest BCUT2D eigenvalue weighted by molar-refractivity contribution is 5.68. The standard InChI is InChI=1S/C11H20O3/c1-2-11(12)14-9-13-10-7-5-3-4-6-8-10/h10H,2-9H2,1H3. The van der Waals surface area contributed by atoms with Gasteiger partial charge < -0.3 is 9.47 Å². The highest BCUT2D eigenvalue weighted by atomic mass is 16.7. The lowest BCUT2D eigenvalue weighted by Gasteiger charge is -2.14. The molecule has 3 nitrogen and oxygen atoms in total. The Hall–Kier alpha value is -0.570. The molecule has 0 aliphatic heterocycles. The number of rotatable bonds is 4. The second-order valence-electron chi connectivity index (χ2n) is 3.77. The molecule has 0 aromatic carbocycles. The van der Waals surface area contributed by atoms with Crippen molar-refractivity contribution >= 4 is 5.97 Å². The minimum atomic E-state index is -0.182. The maximum Gasteiger partial charge on any atom is 0.307 e. The molecule has 82 valence electrons. The smallest absolute Gasteiger partial charge is 0.307 e. The molecule has 3 heteroatoms. The van der Waals surface area contributed by atoms with Crippen LogP contribution in [0.2, 0.25) is 0 Å². The van der Waals surface area contributed by atoms with E-state index < -0.39 is 0 Å². The second kappa shape index (κ2) is 6.82. The summed E-state index contributed by atoms with van der Waals surface area (Å²) in [5, 5.41) is 0. The van der Waals surface area contributed by atoms with E-state index in [1.54, 1.807) is 6.92 Å². The summed E-state index contributed by atoms with van der Waals surface area (Å²) in [6, 6.07) is 0. The molecule has 0 unspecified atom stereocenters. The predicted octanol–water partition coefficient (Wildman–Crippen LogP) is 2.64. The van der Waals surface area contributed by atoms with Gasteiger partial charge in [-0.05, 0) is 12.8 Å². The molecule has 1 saturated carbocycles. The van der Waals surface area contributed by atoms with Crippen LogP contribution in [-0.2, 0) is 14.3 Å². The zero-order chi connectivity index (χ0) is 10.2. The van der Waals surface area contributed by atoms with Crippen LogP contribution in [0.25, 0.3) is 0 Å². The van der Waals surface area contributed by atoms with Gasteiger partial charge in [-0.25, -0.2) is 0 Å². The van der Waals surface area contributed by atoms with Crippen LogP contribution in [0.4, 0.5) is 0 Å². The van der Waals surface area contributed by atoms with E-state index >= 15 is 0 Å². The Balaban J connectivity index is 2.07. The molecule has 0 heterocycles. The Bertz CT molecular complexity index is 160. The maximum atomic E-state index is 10.8. The van der Waals surface area contributed by atoms with Crippen molar-refractivity contribution in [3.63, 3.8) is 0 Å². The minimum absolute atomic E-state index is 0.136. The van der Waals surface area contributed by atoms with E-state index in [0.717, 1.165) is 12.8 Å². The van der Waals surface area contributed by atoms with Crippen LogP contribution >= 0.6 is 0 Å². The van der Waals surface area contributed by atoms with Gasteiger partial charge in [0.25, 0.3) is 0 Å². The highest BCUT2D eigenvalue weighted by Gasteiger charge is 2.12. The summed E-state index contributed by atoms with van der Waals surface area (Å²) >= 11 is 0. The molecule has 1 aliphatic rings. The molecule has 0 atom stereocenters. The van der Waals surface area contributed by atoms with Gasteiger partial charge in [-0.1, -0.05) is 32.6 Å². The molecule has 1 fully saturated rings. The lowest BCUT2D eigenvalue weighted by molar-refractivity contribution is -0.161. The summed E-state index contributed by atoms with van der Waals surface area (Å²) in [7, 11) is 0. The first-order valence-corrected chi connectivity index (χ1v) is 5.60. The van der Waals surface area contributed by atoms with Gasteiger partial charge in [-0.15, -0.1) is 0 Å². The van der Waals surface area contributed by atoms with Crippen LogP contribution in [0, 0.1) is 0 Å². The van der Waals surface area contributed by atoms with Crippen molar-refractivity contribution in [1.82, 2.24) is 0 Å². The monoisotopic (exact) mass is 200 g/mol. The van der Waals surface area contributed by atoms with Gasteiger partial charge in [0.05, 0.1) is 6.10 Å². The fraction of sp³-hybridized carbons (Fsp3) is 0.909. The third-order valence-corrected chi connectivity index (χ3v) is 2.61. The first-order valence-electron chi connectivity index (χ1n) is 5.60. The largest absolute Gasteiger partial charge is 0.438 e. The van der Waals surface area contributed by atoms with E-state index in [9.17, 15) is 4.79 Å². The van der Waals surface area contributed by atoms with Crippen LogP contribution < -0.4 is 0 Å². The first kappa shape index (κ1) is 11.5. The van der Waals surface area contributed by atoms with Gasteiger partial charge in [-0.3, -0.25) is 4.79 Å². The number of ether oxygens (including phenoxy) is 2. The Morgan fingerprint density at radius 3 is 2.43 bits per heavy atom. The summed E-state index contributed by atoms with van der Waals surface area (Å²) in [5.74, 6) is -0.182. The van der Waals surface area contributed by atoms with Gasteiger partial charge in [0.15, 0.2) is 6.79 Å². The molecular weight excluding hydrogens is 180 g/mol. The van der Waals surface area contributed by atoms with Gasteiger partial charge in [0, 0.05) is 6.42 Å². The Labute approximate surface area is 85.8 Å². The third-order valence-electron chi connectivity index (χ3n) is 2.61. The van der Waals surface area contributed by atoms with Crippen molar-refractivity contribution < 1.29 is 14.3 Å². The van der Waals surface area contributed by atoms with E-state index in [1.807, 2.05) is 0 Å². The summed E-state index contributed by atoms with van der Waals surface area (Å²) in [6.45, 7) is 1.92. The molecule has 0 N–H and O–H groups in total. The normalized spacial score (nSPS) is 18.9. The van der Waals surface area contributed by atoms with Gasteiger partial charge in [0.1, 0.15) is 0 Å². The maximum absolute atomic E-state index is 10.8. The number of carbonyl (C=O) groups is 1. The second-order valence-corrected chi connectivity index (χ2v) is 3.77. The van der Waals surface area contributed by atoms with E-state index in [0.29, 0.717) is 12.5 Å². The molecule has 1 aliphatic carbocycles. The quantitative estimate of drug-likeness (QED) is 0.397. The molecular formula is C11H20O3. The average molecular weight is 200 g/mol. The summed E-state index contributed by atoms with van der Waals surface area (Å²) < 4.78 is 10.4. The van der Waals surface area contributed by atoms with Crippen molar-refractivity contribution in [1.29, 1.82) is 0 Å². The molecule has 0 spiro atoms. The van der Waals surface area contributed by atoms with Crippen molar-refractivity contribution in [2.45, 2.75) is 58.0 Å². The highest BCUT2D eigenvalue weighted by Crippen LogP contribution is 2.19. The molecule has 0 bridgehead atoms. The number of carbonyl (C=O) groups excluding carboxylic acids is 1. The fourth-order valence-corrected chi connectivity index (χ4v) is 1.71. The molecule has 14 heavy (non-hydrogen) atoms. The SMILES string of the molecule is CCC(=O)OCOC1CCCCCC1. The Kier molecular flexibility index (Phi) is 5.60. The van der Waals surface area contributed by atoms with Crippen LogP contribution in [0.3, 0.4) is 0 Å². The van der Waals surface area contributed by atoms with Crippen molar-refractivity contribution in [3.8, 4) is 0 Å².